The number of hydrogen-bond acceptors (Lipinski definition) is 2. The highest BCUT2D eigenvalue weighted by molar-refractivity contribution is 5.82. The molecule has 0 spiro atoms. The van der Waals surface area contributed by atoms with E-state index >= 15 is 0 Å². The van der Waals surface area contributed by atoms with Crippen molar-refractivity contribution in [1.29, 1.82) is 0 Å². The van der Waals surface area contributed by atoms with E-state index in [1.54, 1.807) is 7.05 Å². The maximum Gasteiger partial charge on any atom is 0.226 e. The number of piperidine rings is 1. The lowest BCUT2D eigenvalue weighted by Crippen LogP contribution is -2.49. The SMILES string of the molecule is CNC(=O)[C@@]1(C)CCCN(CCC=C(C)C)C1. The van der Waals surface area contributed by atoms with Crippen LogP contribution in [0.15, 0.2) is 11.6 Å². The molecule has 1 N–H and O–H groups in total. The standard InChI is InChI=1S/C14H26N2O/c1-12(2)7-5-9-16-10-6-8-14(3,11-16)13(17)15-4/h7H,5-6,8-11H2,1-4H3,(H,15,17)/t14-/m0/s1. The van der Waals surface area contributed by atoms with Crippen LogP contribution < -0.4 is 5.32 Å². The Hall–Kier alpha value is -0.830. The predicted octanol–water partition coefficient (Wildman–Crippen LogP) is 2.19. The minimum absolute atomic E-state index is 0.185. The van der Waals surface area contributed by atoms with Crippen LogP contribution in [-0.2, 0) is 4.79 Å². The molecule has 0 radical (unpaired) electrons. The quantitative estimate of drug-likeness (QED) is 0.761. The van der Waals surface area contributed by atoms with Crippen LogP contribution in [0.4, 0.5) is 0 Å². The van der Waals surface area contributed by atoms with Gasteiger partial charge < -0.3 is 10.2 Å². The van der Waals surface area contributed by atoms with Crippen LogP contribution in [0.5, 0.6) is 0 Å². The summed E-state index contributed by atoms with van der Waals surface area (Å²) >= 11 is 0. The van der Waals surface area contributed by atoms with E-state index < -0.39 is 0 Å². The summed E-state index contributed by atoms with van der Waals surface area (Å²) in [6.07, 6.45) is 5.49. The maximum absolute atomic E-state index is 11.9. The van der Waals surface area contributed by atoms with Crippen LogP contribution in [0.25, 0.3) is 0 Å². The molecule has 3 heteroatoms. The summed E-state index contributed by atoms with van der Waals surface area (Å²) in [5, 5.41) is 2.79. The van der Waals surface area contributed by atoms with Gasteiger partial charge in [-0.3, -0.25) is 4.79 Å². The van der Waals surface area contributed by atoms with Gasteiger partial charge >= 0.3 is 0 Å². The van der Waals surface area contributed by atoms with Crippen molar-refractivity contribution in [1.82, 2.24) is 10.2 Å². The second-order valence-electron chi connectivity index (χ2n) is 5.59. The van der Waals surface area contributed by atoms with Gasteiger partial charge in [-0.15, -0.1) is 0 Å². The molecule has 1 amide bonds. The normalized spacial score (nSPS) is 25.4. The second-order valence-corrected chi connectivity index (χ2v) is 5.59. The molecule has 0 aromatic heterocycles. The third-order valence-electron chi connectivity index (χ3n) is 3.55. The number of hydrogen-bond donors (Lipinski definition) is 1. The molecule has 98 valence electrons. The van der Waals surface area contributed by atoms with Gasteiger partial charge in [0.25, 0.3) is 0 Å². The third-order valence-corrected chi connectivity index (χ3v) is 3.55. The first-order chi connectivity index (χ1) is 7.98. The van der Waals surface area contributed by atoms with Crippen molar-refractivity contribution in [2.75, 3.05) is 26.7 Å². The topological polar surface area (TPSA) is 32.3 Å². The largest absolute Gasteiger partial charge is 0.359 e. The molecule has 17 heavy (non-hydrogen) atoms. The number of allylic oxidation sites excluding steroid dienone is 1. The molecular formula is C14H26N2O. The number of amides is 1. The molecule has 0 unspecified atom stereocenters. The van der Waals surface area contributed by atoms with Crippen molar-refractivity contribution in [2.24, 2.45) is 5.41 Å². The fraction of sp³-hybridized carbons (Fsp3) is 0.786. The minimum atomic E-state index is -0.196. The Labute approximate surface area is 105 Å². The minimum Gasteiger partial charge on any atom is -0.359 e. The molecule has 0 aliphatic carbocycles. The predicted molar refractivity (Wildman–Crippen MR) is 71.9 cm³/mol. The highest BCUT2D eigenvalue weighted by Crippen LogP contribution is 2.29. The zero-order valence-corrected chi connectivity index (χ0v) is 11.7. The van der Waals surface area contributed by atoms with E-state index in [0.29, 0.717) is 0 Å². The Morgan fingerprint density at radius 1 is 1.47 bits per heavy atom. The van der Waals surface area contributed by atoms with E-state index in [9.17, 15) is 4.79 Å². The van der Waals surface area contributed by atoms with Gasteiger partial charge in [-0.1, -0.05) is 11.6 Å². The van der Waals surface area contributed by atoms with Crippen molar-refractivity contribution in [2.45, 2.75) is 40.0 Å². The van der Waals surface area contributed by atoms with Gasteiger partial charge in [0.15, 0.2) is 0 Å². The summed E-state index contributed by atoms with van der Waals surface area (Å²) in [5.74, 6) is 0.185. The monoisotopic (exact) mass is 238 g/mol. The van der Waals surface area contributed by atoms with Gasteiger partial charge in [-0.05, 0) is 46.6 Å². The van der Waals surface area contributed by atoms with Crippen molar-refractivity contribution in [3.63, 3.8) is 0 Å². The van der Waals surface area contributed by atoms with E-state index in [4.69, 9.17) is 0 Å². The first-order valence-corrected chi connectivity index (χ1v) is 6.56. The zero-order valence-electron chi connectivity index (χ0n) is 11.7. The van der Waals surface area contributed by atoms with Crippen molar-refractivity contribution in [3.05, 3.63) is 11.6 Å². The van der Waals surface area contributed by atoms with Crippen molar-refractivity contribution in [3.8, 4) is 0 Å². The summed E-state index contributed by atoms with van der Waals surface area (Å²) in [4.78, 5) is 14.3. The van der Waals surface area contributed by atoms with Gasteiger partial charge in [0.2, 0.25) is 5.91 Å². The molecule has 3 nitrogen and oxygen atoms in total. The molecule has 1 fully saturated rings. The summed E-state index contributed by atoms with van der Waals surface area (Å²) in [6, 6.07) is 0. The Kier molecular flexibility index (Phi) is 5.19. The third kappa shape index (κ3) is 4.15. The van der Waals surface area contributed by atoms with Gasteiger partial charge in [-0.2, -0.15) is 0 Å². The van der Waals surface area contributed by atoms with E-state index in [1.807, 2.05) is 0 Å². The van der Waals surface area contributed by atoms with Crippen LogP contribution in [-0.4, -0.2) is 37.5 Å². The molecule has 0 aromatic carbocycles. The van der Waals surface area contributed by atoms with E-state index in [0.717, 1.165) is 38.9 Å². The fourth-order valence-electron chi connectivity index (χ4n) is 2.56. The lowest BCUT2D eigenvalue weighted by atomic mass is 9.81. The van der Waals surface area contributed by atoms with Crippen LogP contribution >= 0.6 is 0 Å². The number of nitrogens with one attached hydrogen (secondary N) is 1. The van der Waals surface area contributed by atoms with Crippen molar-refractivity contribution < 1.29 is 4.79 Å². The highest BCUT2D eigenvalue weighted by atomic mass is 16.2. The summed E-state index contributed by atoms with van der Waals surface area (Å²) in [6.45, 7) is 9.43. The Balaban J connectivity index is 2.49. The number of carbonyl (C=O) groups excluding carboxylic acids is 1. The molecular weight excluding hydrogens is 212 g/mol. The lowest BCUT2D eigenvalue weighted by molar-refractivity contribution is -0.132. The first-order valence-electron chi connectivity index (χ1n) is 6.56. The van der Waals surface area contributed by atoms with Crippen molar-refractivity contribution >= 4 is 5.91 Å². The fourth-order valence-corrected chi connectivity index (χ4v) is 2.56. The molecule has 0 bridgehead atoms. The van der Waals surface area contributed by atoms with Crippen LogP contribution in [0.2, 0.25) is 0 Å². The zero-order chi connectivity index (χ0) is 12.9. The number of likely N-dealkylation sites (tertiary alicyclic amines) is 1. The van der Waals surface area contributed by atoms with E-state index in [1.165, 1.54) is 5.57 Å². The van der Waals surface area contributed by atoms with Crippen LogP contribution in [0, 0.1) is 5.41 Å². The molecule has 0 saturated carbocycles. The molecule has 1 rings (SSSR count). The number of carbonyl (C=O) groups is 1. The highest BCUT2D eigenvalue weighted by Gasteiger charge is 2.36. The van der Waals surface area contributed by atoms with Gasteiger partial charge in [0.05, 0.1) is 5.41 Å². The van der Waals surface area contributed by atoms with Gasteiger partial charge in [0.1, 0.15) is 0 Å². The second kappa shape index (κ2) is 6.20. The summed E-state index contributed by atoms with van der Waals surface area (Å²) in [7, 11) is 1.73. The van der Waals surface area contributed by atoms with Gasteiger partial charge in [-0.25, -0.2) is 0 Å². The Morgan fingerprint density at radius 2 is 2.18 bits per heavy atom. The van der Waals surface area contributed by atoms with Crippen LogP contribution in [0.1, 0.15) is 40.0 Å². The van der Waals surface area contributed by atoms with E-state index in [-0.39, 0.29) is 11.3 Å². The number of nitrogens with zero attached hydrogens (tertiary/aromatic N) is 1. The first kappa shape index (κ1) is 14.2. The van der Waals surface area contributed by atoms with E-state index in [2.05, 4.69) is 37.1 Å². The molecule has 1 heterocycles. The molecule has 1 aliphatic heterocycles. The molecule has 1 atom stereocenters. The Morgan fingerprint density at radius 3 is 2.76 bits per heavy atom. The summed E-state index contributed by atoms with van der Waals surface area (Å²) < 4.78 is 0. The average Bonchev–Trinajstić information content (AvgIpc) is 2.27. The Bertz CT molecular complexity index is 295. The van der Waals surface area contributed by atoms with Crippen LogP contribution in [0.3, 0.4) is 0 Å². The average molecular weight is 238 g/mol. The molecule has 1 aliphatic rings. The number of rotatable bonds is 4. The molecule has 1 saturated heterocycles. The lowest BCUT2D eigenvalue weighted by Gasteiger charge is -2.39. The molecule has 0 aromatic rings. The smallest absolute Gasteiger partial charge is 0.226 e. The van der Waals surface area contributed by atoms with Gasteiger partial charge in [0, 0.05) is 20.1 Å². The maximum atomic E-state index is 11.9. The summed E-state index contributed by atoms with van der Waals surface area (Å²) in [5.41, 5.74) is 1.17.